The molecule has 56 heavy (non-hydrogen) atoms. The summed E-state index contributed by atoms with van der Waals surface area (Å²) in [4.78, 5) is 40.7. The van der Waals surface area contributed by atoms with Gasteiger partial charge in [0, 0.05) is 75.0 Å². The molecule has 0 radical (unpaired) electrons. The van der Waals surface area contributed by atoms with Crippen molar-refractivity contribution in [2.75, 3.05) is 24.9 Å². The lowest BCUT2D eigenvalue weighted by molar-refractivity contribution is -0.118. The van der Waals surface area contributed by atoms with Gasteiger partial charge < -0.3 is 29.6 Å². The lowest BCUT2D eigenvalue weighted by Gasteiger charge is -2.37. The lowest BCUT2D eigenvalue weighted by atomic mass is 9.77. The minimum atomic E-state index is -1.31. The monoisotopic (exact) mass is 752 g/mol. The number of anilines is 2. The molecule has 5 aromatic rings. The van der Waals surface area contributed by atoms with Crippen molar-refractivity contribution in [1.82, 2.24) is 0 Å². The Kier molecular flexibility index (Phi) is 9.69. The molecule has 0 aliphatic carbocycles. The molecule has 288 valence electrons. The van der Waals surface area contributed by atoms with Crippen molar-refractivity contribution in [1.29, 1.82) is 0 Å². The average Bonchev–Trinajstić information content (AvgIpc) is 3.42. The third kappa shape index (κ3) is 6.76. The second-order valence-corrected chi connectivity index (χ2v) is 16.2. The quantitative estimate of drug-likeness (QED) is 0.137. The van der Waals surface area contributed by atoms with Gasteiger partial charge in [-0.25, -0.2) is 4.79 Å². The van der Waals surface area contributed by atoms with Crippen LogP contribution in [0.3, 0.4) is 0 Å². The first-order chi connectivity index (χ1) is 26.6. The van der Waals surface area contributed by atoms with Crippen molar-refractivity contribution in [3.8, 4) is 23.0 Å². The number of amides is 2. The molecule has 9 heteroatoms. The Bertz CT molecular complexity index is 2410. The summed E-state index contributed by atoms with van der Waals surface area (Å²) in [5, 5.41) is 6.12. The van der Waals surface area contributed by atoms with E-state index in [4.69, 9.17) is 18.9 Å². The van der Waals surface area contributed by atoms with E-state index in [1.807, 2.05) is 97.0 Å². The molecular formula is C47H48N2O7. The third-order valence-electron chi connectivity index (χ3n) is 10.9. The fraction of sp³-hybridized carbons (Fsp3) is 0.298. The van der Waals surface area contributed by atoms with Crippen LogP contribution >= 0.6 is 0 Å². The van der Waals surface area contributed by atoms with E-state index in [2.05, 4.69) is 16.7 Å². The highest BCUT2D eigenvalue weighted by Gasteiger charge is 2.53. The number of carbonyl (C=O) groups is 3. The van der Waals surface area contributed by atoms with Crippen LogP contribution in [0.2, 0.25) is 0 Å². The van der Waals surface area contributed by atoms with Crippen LogP contribution in [-0.2, 0) is 30.8 Å². The molecule has 2 heterocycles. The molecule has 9 nitrogen and oxygen atoms in total. The summed E-state index contributed by atoms with van der Waals surface area (Å²) in [7, 11) is 3.28. The van der Waals surface area contributed by atoms with Crippen molar-refractivity contribution >= 4 is 29.2 Å². The SMILES string of the molecule is COc1cc(C)ccc1C(C)(C)CC(=O)Nc1ccc2c(c1)Oc1cc(NC(=O)CC(C)(C)c3c(C)cc(C)cc3OC)ccc1C21OC(=O)c2ccccc21. The van der Waals surface area contributed by atoms with E-state index < -0.39 is 22.4 Å². The van der Waals surface area contributed by atoms with Gasteiger partial charge in [0.1, 0.15) is 23.0 Å². The number of ether oxygens (including phenoxy) is 4. The molecule has 5 aromatic carbocycles. The number of hydrogen-bond donors (Lipinski definition) is 2. The molecule has 0 saturated carbocycles. The van der Waals surface area contributed by atoms with Crippen LogP contribution in [0.1, 0.15) is 95.4 Å². The highest BCUT2D eigenvalue weighted by molar-refractivity contribution is 5.98. The van der Waals surface area contributed by atoms with E-state index in [-0.39, 0.29) is 24.7 Å². The Balaban J connectivity index is 1.19. The zero-order valence-electron chi connectivity index (χ0n) is 33.4. The molecule has 0 aromatic heterocycles. The van der Waals surface area contributed by atoms with Crippen molar-refractivity contribution in [2.45, 2.75) is 77.7 Å². The molecule has 1 unspecified atom stereocenters. The van der Waals surface area contributed by atoms with Crippen LogP contribution in [0.5, 0.6) is 23.0 Å². The second kappa shape index (κ2) is 14.2. The number of rotatable bonds is 10. The van der Waals surface area contributed by atoms with Gasteiger partial charge in [-0.3, -0.25) is 9.59 Å². The maximum atomic E-state index is 13.7. The molecular weight excluding hydrogens is 705 g/mol. The molecule has 0 fully saturated rings. The van der Waals surface area contributed by atoms with E-state index in [0.29, 0.717) is 45.1 Å². The van der Waals surface area contributed by atoms with Crippen LogP contribution < -0.4 is 24.8 Å². The van der Waals surface area contributed by atoms with Crippen LogP contribution in [0, 0.1) is 20.8 Å². The van der Waals surface area contributed by atoms with Gasteiger partial charge in [-0.2, -0.15) is 0 Å². The summed E-state index contributed by atoms with van der Waals surface area (Å²) in [5.74, 6) is 1.48. The third-order valence-corrected chi connectivity index (χ3v) is 10.9. The number of carbonyl (C=O) groups excluding carboxylic acids is 3. The number of methoxy groups -OCH3 is 2. The van der Waals surface area contributed by atoms with Crippen LogP contribution in [0.4, 0.5) is 11.4 Å². The zero-order chi connectivity index (χ0) is 40.2. The molecule has 0 bridgehead atoms. The number of nitrogens with one attached hydrogen (secondary N) is 2. The Morgan fingerprint density at radius 1 is 0.661 bits per heavy atom. The number of hydrogen-bond acceptors (Lipinski definition) is 7. The fourth-order valence-electron chi connectivity index (χ4n) is 8.54. The van der Waals surface area contributed by atoms with E-state index in [1.165, 1.54) is 0 Å². The van der Waals surface area contributed by atoms with Crippen molar-refractivity contribution in [2.24, 2.45) is 0 Å². The molecule has 1 atom stereocenters. The summed E-state index contributed by atoms with van der Waals surface area (Å²) in [5.41, 5.74) is 6.17. The van der Waals surface area contributed by atoms with Crippen LogP contribution in [-0.4, -0.2) is 32.0 Å². The molecule has 0 saturated heterocycles. The first-order valence-electron chi connectivity index (χ1n) is 18.8. The summed E-state index contributed by atoms with van der Waals surface area (Å²) >= 11 is 0. The van der Waals surface area contributed by atoms with Crippen molar-refractivity contribution < 1.29 is 33.3 Å². The smallest absolute Gasteiger partial charge is 0.340 e. The van der Waals surface area contributed by atoms with E-state index in [9.17, 15) is 14.4 Å². The van der Waals surface area contributed by atoms with Gasteiger partial charge in [0.05, 0.1) is 19.8 Å². The summed E-state index contributed by atoms with van der Waals surface area (Å²) in [6.45, 7) is 14.2. The molecule has 2 amide bonds. The number of benzene rings is 5. The van der Waals surface area contributed by atoms with Crippen molar-refractivity contribution in [3.05, 3.63) is 141 Å². The molecule has 2 aliphatic heterocycles. The maximum Gasteiger partial charge on any atom is 0.340 e. The Morgan fingerprint density at radius 2 is 1.23 bits per heavy atom. The first kappa shape index (κ1) is 38.2. The van der Waals surface area contributed by atoms with Gasteiger partial charge in [0.15, 0.2) is 5.60 Å². The van der Waals surface area contributed by atoms with Gasteiger partial charge in [0.25, 0.3) is 0 Å². The van der Waals surface area contributed by atoms with Gasteiger partial charge in [0.2, 0.25) is 11.8 Å². The zero-order valence-corrected chi connectivity index (χ0v) is 33.4. The van der Waals surface area contributed by atoms with E-state index >= 15 is 0 Å². The van der Waals surface area contributed by atoms with Gasteiger partial charge in [-0.1, -0.05) is 64.1 Å². The topological polar surface area (TPSA) is 112 Å². The number of fused-ring (bicyclic) bond motifs is 6. The molecule has 2 N–H and O–H groups in total. The van der Waals surface area contributed by atoms with Gasteiger partial charge in [-0.15, -0.1) is 0 Å². The minimum Gasteiger partial charge on any atom is -0.496 e. The highest BCUT2D eigenvalue weighted by Crippen LogP contribution is 2.57. The van der Waals surface area contributed by atoms with Gasteiger partial charge >= 0.3 is 5.97 Å². The first-order valence-corrected chi connectivity index (χ1v) is 18.8. The number of esters is 1. The van der Waals surface area contributed by atoms with Gasteiger partial charge in [-0.05, 0) is 79.9 Å². The normalized spacial score (nSPS) is 15.6. The Hall–Kier alpha value is -6.09. The molecule has 1 spiro atoms. The van der Waals surface area contributed by atoms with E-state index in [1.54, 1.807) is 50.6 Å². The average molecular weight is 753 g/mol. The molecule has 2 aliphatic rings. The maximum absolute atomic E-state index is 13.7. The number of aryl methyl sites for hydroxylation is 3. The summed E-state index contributed by atoms with van der Waals surface area (Å²) < 4.78 is 24.3. The highest BCUT2D eigenvalue weighted by atomic mass is 16.6. The largest absolute Gasteiger partial charge is 0.496 e. The standard InChI is InChI=1S/C47H48N2O7/c1-27-14-17-34(37(21-27)53-8)45(4,5)25-41(50)48-30-15-18-35-38(23-30)55-39-24-31(16-19-36(39)47(35)33-13-11-10-12-32(33)44(52)56-47)49-42(51)26-46(6,7)43-29(3)20-28(2)22-40(43)54-9/h10-24H,25-26H2,1-9H3,(H,48,50)(H,49,51). The Labute approximate surface area is 328 Å². The van der Waals surface area contributed by atoms with Crippen molar-refractivity contribution in [3.63, 3.8) is 0 Å². The fourth-order valence-corrected chi connectivity index (χ4v) is 8.54. The predicted octanol–water partition coefficient (Wildman–Crippen LogP) is 9.81. The lowest BCUT2D eigenvalue weighted by Crippen LogP contribution is -2.33. The minimum absolute atomic E-state index is 0.184. The predicted molar refractivity (Wildman–Crippen MR) is 217 cm³/mol. The second-order valence-electron chi connectivity index (χ2n) is 16.2. The van der Waals surface area contributed by atoms with Crippen LogP contribution in [0.25, 0.3) is 0 Å². The van der Waals surface area contributed by atoms with E-state index in [0.717, 1.165) is 39.3 Å². The summed E-state index contributed by atoms with van der Waals surface area (Å²) in [6, 6.07) is 28.1. The summed E-state index contributed by atoms with van der Waals surface area (Å²) in [6.07, 6.45) is 0.387. The Morgan fingerprint density at radius 3 is 1.84 bits per heavy atom. The molecule has 7 rings (SSSR count). The van der Waals surface area contributed by atoms with Crippen LogP contribution in [0.15, 0.2) is 91.0 Å².